The molecule has 0 radical (unpaired) electrons. The molecule has 0 bridgehead atoms. The van der Waals surface area contributed by atoms with E-state index in [2.05, 4.69) is 188 Å². The zero-order valence-electron chi connectivity index (χ0n) is 37.1. The molecule has 14 rings (SSSR count). The maximum absolute atomic E-state index is 9.73. The van der Waals surface area contributed by atoms with Crippen molar-refractivity contribution in [2.45, 2.75) is 0 Å². The van der Waals surface area contributed by atoms with Gasteiger partial charge in [-0.05, 0) is 124 Å². The van der Waals surface area contributed by atoms with Crippen LogP contribution in [0.2, 0.25) is 0 Å². The molecule has 0 N–H and O–H groups in total. The normalized spacial score (nSPS) is 11.8. The Labute approximate surface area is 397 Å². The van der Waals surface area contributed by atoms with Gasteiger partial charge in [-0.15, -0.1) is 0 Å². The van der Waals surface area contributed by atoms with E-state index in [1.807, 2.05) is 42.5 Å². The fraction of sp³-hybridized carbons (Fsp3) is 0. The summed E-state index contributed by atoms with van der Waals surface area (Å²) in [5.74, 6) is 0.667. The molecule has 0 spiro atoms. The number of furan rings is 1. The van der Waals surface area contributed by atoms with E-state index in [9.17, 15) is 5.26 Å². The molecule has 2 heterocycles. The monoisotopic (exact) mass is 875 g/mol. The fourth-order valence-electron chi connectivity index (χ4n) is 10.9. The highest BCUT2D eigenvalue weighted by Gasteiger charge is 2.27. The smallest absolute Gasteiger partial charge is 0.160 e. The van der Waals surface area contributed by atoms with Crippen LogP contribution >= 0.6 is 0 Å². The minimum atomic E-state index is 0.641. The molecule has 0 aliphatic heterocycles. The van der Waals surface area contributed by atoms with Crippen molar-refractivity contribution in [2.24, 2.45) is 0 Å². The van der Waals surface area contributed by atoms with Gasteiger partial charge in [0.1, 0.15) is 11.2 Å². The molecule has 318 valence electrons. The highest BCUT2D eigenvalue weighted by Crippen LogP contribution is 2.54. The van der Waals surface area contributed by atoms with E-state index in [1.165, 1.54) is 38.6 Å². The Balaban J connectivity index is 0.985. The van der Waals surface area contributed by atoms with Crippen LogP contribution in [0.15, 0.2) is 229 Å². The minimum Gasteiger partial charge on any atom is -0.456 e. The van der Waals surface area contributed by atoms with Gasteiger partial charge in [-0.1, -0.05) is 188 Å². The van der Waals surface area contributed by atoms with Crippen molar-refractivity contribution in [3.05, 3.63) is 230 Å². The van der Waals surface area contributed by atoms with E-state index >= 15 is 0 Å². The summed E-state index contributed by atoms with van der Waals surface area (Å²) in [5.41, 5.74) is 18.9. The number of hydrogen-bond acceptors (Lipinski definition) is 4. The van der Waals surface area contributed by atoms with E-state index in [0.717, 1.165) is 99.4 Å². The Hall–Kier alpha value is -9.43. The van der Waals surface area contributed by atoms with Crippen LogP contribution in [-0.2, 0) is 0 Å². The van der Waals surface area contributed by atoms with E-state index in [0.29, 0.717) is 11.4 Å². The van der Waals surface area contributed by atoms with Gasteiger partial charge in [-0.25, -0.2) is 9.97 Å². The quantitative estimate of drug-likeness (QED) is 0.156. The van der Waals surface area contributed by atoms with E-state index in [-0.39, 0.29) is 0 Å². The van der Waals surface area contributed by atoms with Crippen LogP contribution in [0, 0.1) is 11.3 Å². The van der Waals surface area contributed by atoms with E-state index in [1.54, 1.807) is 0 Å². The number of rotatable bonds is 6. The number of aromatic nitrogens is 2. The van der Waals surface area contributed by atoms with Gasteiger partial charge >= 0.3 is 0 Å². The first-order valence-corrected chi connectivity index (χ1v) is 23.3. The van der Waals surface area contributed by atoms with Crippen LogP contribution in [0.1, 0.15) is 5.56 Å². The van der Waals surface area contributed by atoms with Gasteiger partial charge in [0.05, 0.1) is 23.0 Å². The molecule has 2 aromatic heterocycles. The van der Waals surface area contributed by atoms with Gasteiger partial charge in [0.15, 0.2) is 5.82 Å². The Morgan fingerprint density at radius 2 is 0.826 bits per heavy atom. The number of para-hydroxylation sites is 1. The van der Waals surface area contributed by atoms with Gasteiger partial charge < -0.3 is 4.42 Å². The number of hydrogen-bond donors (Lipinski definition) is 0. The van der Waals surface area contributed by atoms with E-state index < -0.39 is 0 Å². The largest absolute Gasteiger partial charge is 0.456 e. The second kappa shape index (κ2) is 15.3. The first-order chi connectivity index (χ1) is 34.2. The summed E-state index contributed by atoms with van der Waals surface area (Å²) >= 11 is 0. The molecule has 0 fully saturated rings. The molecule has 4 nitrogen and oxygen atoms in total. The predicted molar refractivity (Wildman–Crippen MR) is 284 cm³/mol. The molecule has 0 unspecified atom stereocenters. The highest BCUT2D eigenvalue weighted by molar-refractivity contribution is 6.28. The van der Waals surface area contributed by atoms with E-state index in [4.69, 9.17) is 14.4 Å². The number of fused-ring (bicyclic) bond motifs is 8. The molecule has 4 heteroatoms. The zero-order valence-corrected chi connectivity index (χ0v) is 37.1. The van der Waals surface area contributed by atoms with Crippen LogP contribution in [0.5, 0.6) is 0 Å². The lowest BCUT2D eigenvalue weighted by Crippen LogP contribution is -1.98. The lowest BCUT2D eigenvalue weighted by molar-refractivity contribution is 0.669. The molecule has 0 saturated heterocycles. The molecule has 0 amide bonds. The average Bonchev–Trinajstić information content (AvgIpc) is 3.96. The third-order valence-corrected chi connectivity index (χ3v) is 14.1. The third-order valence-electron chi connectivity index (χ3n) is 14.1. The van der Waals surface area contributed by atoms with Crippen molar-refractivity contribution >= 4 is 54.3 Å². The summed E-state index contributed by atoms with van der Waals surface area (Å²) in [6.45, 7) is 0. The van der Waals surface area contributed by atoms with Crippen LogP contribution in [0.4, 0.5) is 0 Å². The van der Waals surface area contributed by atoms with Crippen molar-refractivity contribution in [3.8, 4) is 95.6 Å². The van der Waals surface area contributed by atoms with Crippen molar-refractivity contribution in [3.63, 3.8) is 0 Å². The number of benzene rings is 11. The summed E-state index contributed by atoms with van der Waals surface area (Å²) in [5, 5.41) is 18.9. The predicted octanol–water partition coefficient (Wildman–Crippen LogP) is 17.4. The number of nitriles is 1. The van der Waals surface area contributed by atoms with Crippen molar-refractivity contribution in [1.29, 1.82) is 5.26 Å². The highest BCUT2D eigenvalue weighted by atomic mass is 16.3. The standard InChI is InChI=1S/C65H37N3O/c66-38-39-22-24-41(25-23-39)45-31-32-53-46-14-4-5-15-47(46)54-33-34-55(63(45)64(53)54)61-49-17-6-8-19-51(49)62(52-20-9-7-18-50(52)61)58-37-57(67-65(68-58)43-12-2-1-3-13-43)42-28-26-40(27-29-42)44-30-35-60-56(36-44)48-16-10-11-21-59(48)69-60/h1-37H. The summed E-state index contributed by atoms with van der Waals surface area (Å²) in [4.78, 5) is 10.7. The Morgan fingerprint density at radius 1 is 0.319 bits per heavy atom. The van der Waals surface area contributed by atoms with Crippen molar-refractivity contribution < 1.29 is 4.42 Å². The third kappa shape index (κ3) is 6.08. The topological polar surface area (TPSA) is 62.7 Å². The Bertz CT molecular complexity index is 4210. The summed E-state index contributed by atoms with van der Waals surface area (Å²) in [6, 6.07) is 81.7. The van der Waals surface area contributed by atoms with Crippen molar-refractivity contribution in [2.75, 3.05) is 0 Å². The molecule has 13 aromatic rings. The molecule has 1 aliphatic rings. The van der Waals surface area contributed by atoms with Gasteiger partial charge in [-0.2, -0.15) is 5.26 Å². The van der Waals surface area contributed by atoms with Gasteiger partial charge in [-0.3, -0.25) is 0 Å². The minimum absolute atomic E-state index is 0.641. The van der Waals surface area contributed by atoms with Gasteiger partial charge in [0.25, 0.3) is 0 Å². The summed E-state index contributed by atoms with van der Waals surface area (Å²) < 4.78 is 6.14. The van der Waals surface area contributed by atoms with Gasteiger partial charge in [0, 0.05) is 27.5 Å². The second-order valence-corrected chi connectivity index (χ2v) is 17.9. The Morgan fingerprint density at radius 3 is 1.51 bits per heavy atom. The molecule has 11 aromatic carbocycles. The molecule has 69 heavy (non-hydrogen) atoms. The first kappa shape index (κ1) is 38.8. The molecule has 0 atom stereocenters. The average molecular weight is 876 g/mol. The van der Waals surface area contributed by atoms with Crippen molar-refractivity contribution in [1.82, 2.24) is 9.97 Å². The molecule has 0 saturated carbocycles. The SMILES string of the molecule is N#Cc1ccc(-c2ccc3c4c(ccc(-c5c6ccccc6c(-c6cc(-c7ccc(-c8ccc9oc%10ccccc%10c9c8)cc7)nc(-c7ccccc7)n6)c6ccccc56)c24)-c2ccccc2-3)cc1. The van der Waals surface area contributed by atoms with Crippen LogP contribution in [0.25, 0.3) is 144 Å². The second-order valence-electron chi connectivity index (χ2n) is 17.9. The zero-order chi connectivity index (χ0) is 45.6. The lowest BCUT2D eigenvalue weighted by atomic mass is 9.83. The lowest BCUT2D eigenvalue weighted by Gasteiger charge is -2.21. The van der Waals surface area contributed by atoms with Crippen LogP contribution < -0.4 is 0 Å². The Kier molecular flexibility index (Phi) is 8.61. The molecular weight excluding hydrogens is 839 g/mol. The fourth-order valence-corrected chi connectivity index (χ4v) is 10.9. The number of nitrogens with zero attached hydrogens (tertiary/aromatic N) is 3. The summed E-state index contributed by atoms with van der Waals surface area (Å²) in [7, 11) is 0. The first-order valence-electron chi connectivity index (χ1n) is 23.3. The molecule has 1 aliphatic carbocycles. The van der Waals surface area contributed by atoms with Crippen LogP contribution in [0.3, 0.4) is 0 Å². The van der Waals surface area contributed by atoms with Crippen LogP contribution in [-0.4, -0.2) is 9.97 Å². The summed E-state index contributed by atoms with van der Waals surface area (Å²) in [6.07, 6.45) is 0. The molecular formula is C65H37N3O. The maximum atomic E-state index is 9.73. The maximum Gasteiger partial charge on any atom is 0.160 e. The van der Waals surface area contributed by atoms with Gasteiger partial charge in [0.2, 0.25) is 0 Å².